The van der Waals surface area contributed by atoms with E-state index in [1.807, 2.05) is 39.1 Å². The highest BCUT2D eigenvalue weighted by atomic mass is 32.1. The molecule has 1 aromatic rings. The number of ether oxygens (including phenoxy) is 1. The van der Waals surface area contributed by atoms with Crippen molar-refractivity contribution in [2.24, 2.45) is 11.3 Å². The first-order valence-electron chi connectivity index (χ1n) is 8.98. The van der Waals surface area contributed by atoms with E-state index < -0.39 is 11.0 Å². The number of nitrogens with one attached hydrogen (secondary N) is 1. The van der Waals surface area contributed by atoms with Crippen LogP contribution in [0.3, 0.4) is 0 Å². The van der Waals surface area contributed by atoms with Crippen LogP contribution in [0.2, 0.25) is 0 Å². The molecule has 0 aromatic carbocycles. The first-order valence-corrected chi connectivity index (χ1v) is 9.86. The number of thiophene rings is 1. The first kappa shape index (κ1) is 18.2. The second-order valence-electron chi connectivity index (χ2n) is 8.50. The molecule has 0 unspecified atom stereocenters. The van der Waals surface area contributed by atoms with Gasteiger partial charge in [-0.05, 0) is 76.3 Å². The van der Waals surface area contributed by atoms with E-state index in [2.05, 4.69) is 12.2 Å². The van der Waals surface area contributed by atoms with E-state index in [0.717, 1.165) is 36.1 Å². The maximum absolute atomic E-state index is 12.9. The Hall–Kier alpha value is -1.62. The molecule has 136 valence electrons. The molecule has 3 rings (SSSR count). The molecule has 4 nitrogen and oxygen atoms in total. The monoisotopic (exact) mass is 361 g/mol. The largest absolute Gasteiger partial charge is 0.427 e. The minimum absolute atomic E-state index is 0.114. The van der Waals surface area contributed by atoms with Gasteiger partial charge in [0.2, 0.25) is 0 Å². The molecule has 2 heterocycles. The second-order valence-corrected chi connectivity index (χ2v) is 9.41. The number of amides is 1. The molecule has 1 saturated carbocycles. The Morgan fingerprint density at radius 2 is 1.96 bits per heavy atom. The van der Waals surface area contributed by atoms with Crippen LogP contribution in [0.25, 0.3) is 5.57 Å². The van der Waals surface area contributed by atoms with Crippen molar-refractivity contribution in [1.82, 2.24) is 5.32 Å². The van der Waals surface area contributed by atoms with Crippen LogP contribution in [-0.4, -0.2) is 17.4 Å². The Kier molecular flexibility index (Phi) is 4.56. The molecule has 1 aromatic heterocycles. The number of hydrogen-bond donors (Lipinski definition) is 1. The van der Waals surface area contributed by atoms with Crippen molar-refractivity contribution in [3.63, 3.8) is 0 Å². The van der Waals surface area contributed by atoms with Crippen molar-refractivity contribution in [1.29, 1.82) is 0 Å². The van der Waals surface area contributed by atoms with E-state index in [1.165, 1.54) is 11.3 Å². The van der Waals surface area contributed by atoms with Crippen LogP contribution < -0.4 is 5.32 Å². The number of esters is 1. The molecule has 0 radical (unpaired) electrons. The molecular weight excluding hydrogens is 334 g/mol. The third-order valence-electron chi connectivity index (χ3n) is 5.27. The summed E-state index contributed by atoms with van der Waals surface area (Å²) in [5.74, 6) is 0.782. The van der Waals surface area contributed by atoms with Crippen LogP contribution in [0.1, 0.15) is 63.8 Å². The number of aryl methyl sites for hydroxylation is 1. The molecule has 0 atom stereocenters. The van der Waals surface area contributed by atoms with E-state index in [1.54, 1.807) is 0 Å². The zero-order valence-corrected chi connectivity index (χ0v) is 16.5. The Bertz CT molecular complexity index is 730. The van der Waals surface area contributed by atoms with Gasteiger partial charge in [0.25, 0.3) is 5.91 Å². The Morgan fingerprint density at radius 3 is 2.48 bits per heavy atom. The molecule has 1 aliphatic carbocycles. The molecular formula is C20H27NO3S. The number of rotatable bonds is 2. The Labute approximate surface area is 153 Å². The summed E-state index contributed by atoms with van der Waals surface area (Å²) in [5, 5.41) is 5.15. The van der Waals surface area contributed by atoms with Crippen LogP contribution in [0.15, 0.2) is 17.2 Å². The van der Waals surface area contributed by atoms with Gasteiger partial charge in [-0.1, -0.05) is 6.92 Å². The van der Waals surface area contributed by atoms with Crippen molar-refractivity contribution < 1.29 is 14.3 Å². The molecule has 1 spiro atoms. The SMILES string of the molecule is Cc1ccsc1C1=C(OC(=O)C(C)(C)C)C2(CCC(C)CC2)NC1=O. The van der Waals surface area contributed by atoms with Crippen molar-refractivity contribution in [3.05, 3.63) is 27.6 Å². The van der Waals surface area contributed by atoms with Gasteiger partial charge in [-0.15, -0.1) is 11.3 Å². The molecule has 1 N–H and O–H groups in total. The summed E-state index contributed by atoms with van der Waals surface area (Å²) in [4.78, 5) is 26.4. The Balaban J connectivity index is 2.09. The quantitative estimate of drug-likeness (QED) is 0.793. The average molecular weight is 362 g/mol. The molecule has 1 fully saturated rings. The summed E-state index contributed by atoms with van der Waals surface area (Å²) in [6, 6.07) is 2.00. The maximum atomic E-state index is 12.9. The van der Waals surface area contributed by atoms with Gasteiger partial charge in [0.15, 0.2) is 0 Å². The zero-order valence-electron chi connectivity index (χ0n) is 15.7. The van der Waals surface area contributed by atoms with E-state index in [4.69, 9.17) is 4.74 Å². The number of carbonyl (C=O) groups excluding carboxylic acids is 2. The van der Waals surface area contributed by atoms with Crippen LogP contribution in [0.4, 0.5) is 0 Å². The van der Waals surface area contributed by atoms with Gasteiger partial charge >= 0.3 is 5.97 Å². The molecule has 25 heavy (non-hydrogen) atoms. The third kappa shape index (κ3) is 3.26. The van der Waals surface area contributed by atoms with Gasteiger partial charge in [-0.3, -0.25) is 9.59 Å². The predicted octanol–water partition coefficient (Wildman–Crippen LogP) is 4.44. The normalized spacial score (nSPS) is 26.9. The lowest BCUT2D eigenvalue weighted by atomic mass is 9.76. The van der Waals surface area contributed by atoms with Crippen LogP contribution in [0.5, 0.6) is 0 Å². The highest BCUT2D eigenvalue weighted by molar-refractivity contribution is 7.11. The summed E-state index contributed by atoms with van der Waals surface area (Å²) in [6.07, 6.45) is 3.68. The molecule has 2 aliphatic rings. The van der Waals surface area contributed by atoms with Gasteiger partial charge in [-0.25, -0.2) is 0 Å². The summed E-state index contributed by atoms with van der Waals surface area (Å²) in [7, 11) is 0. The fraction of sp³-hybridized carbons (Fsp3) is 0.600. The van der Waals surface area contributed by atoms with E-state index in [9.17, 15) is 9.59 Å². The first-order chi connectivity index (χ1) is 11.6. The van der Waals surface area contributed by atoms with Gasteiger partial charge in [0, 0.05) is 4.88 Å². The van der Waals surface area contributed by atoms with Gasteiger partial charge in [0.05, 0.1) is 16.5 Å². The highest BCUT2D eigenvalue weighted by Crippen LogP contribution is 2.46. The molecule has 5 heteroatoms. The van der Waals surface area contributed by atoms with Crippen molar-refractivity contribution in [2.45, 2.75) is 65.8 Å². The van der Waals surface area contributed by atoms with Gasteiger partial charge in [-0.2, -0.15) is 0 Å². The van der Waals surface area contributed by atoms with Crippen LogP contribution in [0, 0.1) is 18.3 Å². The van der Waals surface area contributed by atoms with Crippen LogP contribution in [-0.2, 0) is 14.3 Å². The third-order valence-corrected chi connectivity index (χ3v) is 6.30. The fourth-order valence-corrected chi connectivity index (χ4v) is 4.48. The lowest BCUT2D eigenvalue weighted by molar-refractivity contribution is -0.150. The molecule has 0 saturated heterocycles. The van der Waals surface area contributed by atoms with Crippen molar-refractivity contribution in [2.75, 3.05) is 0 Å². The second kappa shape index (κ2) is 6.27. The van der Waals surface area contributed by atoms with Gasteiger partial charge in [0.1, 0.15) is 5.76 Å². The minimum atomic E-state index is -0.614. The Morgan fingerprint density at radius 1 is 1.32 bits per heavy atom. The topological polar surface area (TPSA) is 55.4 Å². The van der Waals surface area contributed by atoms with Crippen molar-refractivity contribution in [3.8, 4) is 0 Å². The smallest absolute Gasteiger partial charge is 0.316 e. The number of carbonyl (C=O) groups is 2. The molecule has 1 aliphatic heterocycles. The van der Waals surface area contributed by atoms with E-state index >= 15 is 0 Å². The maximum Gasteiger partial charge on any atom is 0.316 e. The van der Waals surface area contributed by atoms with E-state index in [0.29, 0.717) is 17.3 Å². The lowest BCUT2D eigenvalue weighted by Crippen LogP contribution is -2.48. The lowest BCUT2D eigenvalue weighted by Gasteiger charge is -2.38. The number of hydrogen-bond acceptors (Lipinski definition) is 4. The fourth-order valence-electron chi connectivity index (χ4n) is 3.52. The summed E-state index contributed by atoms with van der Waals surface area (Å²) < 4.78 is 5.93. The standard InChI is InChI=1S/C20H27NO3S/c1-12-6-9-20(10-7-12)16(24-18(23)19(3,4)5)14(17(22)21-20)15-13(2)8-11-25-15/h8,11-12H,6-7,9-10H2,1-5H3,(H,21,22). The minimum Gasteiger partial charge on any atom is -0.427 e. The zero-order chi connectivity index (χ0) is 18.4. The summed E-state index contributed by atoms with van der Waals surface area (Å²) in [5.41, 5.74) is 0.452. The average Bonchev–Trinajstić information content (AvgIpc) is 3.04. The summed E-state index contributed by atoms with van der Waals surface area (Å²) in [6.45, 7) is 9.74. The van der Waals surface area contributed by atoms with Crippen LogP contribution >= 0.6 is 11.3 Å². The molecule has 1 amide bonds. The van der Waals surface area contributed by atoms with E-state index in [-0.39, 0.29) is 11.9 Å². The highest BCUT2D eigenvalue weighted by Gasteiger charge is 2.50. The van der Waals surface area contributed by atoms with Gasteiger partial charge < -0.3 is 10.1 Å². The molecule has 0 bridgehead atoms. The predicted molar refractivity (Wildman–Crippen MR) is 100 cm³/mol. The summed E-state index contributed by atoms with van der Waals surface area (Å²) >= 11 is 1.53. The van der Waals surface area contributed by atoms with Crippen molar-refractivity contribution >= 4 is 28.8 Å².